The fraction of sp³-hybridized carbons (Fsp3) is 0.588. The highest BCUT2D eigenvalue weighted by Gasteiger charge is 2.20. The number of esters is 1. The highest BCUT2D eigenvalue weighted by atomic mass is 16.5. The van der Waals surface area contributed by atoms with Crippen molar-refractivity contribution in [3.63, 3.8) is 0 Å². The molecule has 0 unspecified atom stereocenters. The summed E-state index contributed by atoms with van der Waals surface area (Å²) in [6, 6.07) is 4.12. The Morgan fingerprint density at radius 1 is 1.29 bits per heavy atom. The molecule has 0 spiro atoms. The van der Waals surface area contributed by atoms with Crippen molar-refractivity contribution in [3.8, 4) is 5.75 Å². The lowest BCUT2D eigenvalue weighted by molar-refractivity contribution is -0.143. The minimum atomic E-state index is -0.351. The van der Waals surface area contributed by atoms with Crippen LogP contribution in [0.15, 0.2) is 12.1 Å². The van der Waals surface area contributed by atoms with Crippen LogP contribution in [0.2, 0.25) is 0 Å². The number of carbonyl (C=O) groups excluding carboxylic acids is 1. The van der Waals surface area contributed by atoms with E-state index >= 15 is 0 Å². The molecule has 4 nitrogen and oxygen atoms in total. The van der Waals surface area contributed by atoms with Gasteiger partial charge in [0.1, 0.15) is 12.4 Å². The van der Waals surface area contributed by atoms with Gasteiger partial charge in [-0.1, -0.05) is 32.9 Å². The maximum atomic E-state index is 11.8. The monoisotopic (exact) mass is 294 g/mol. The molecule has 0 bridgehead atoms. The third-order valence-corrected chi connectivity index (χ3v) is 3.20. The van der Waals surface area contributed by atoms with Crippen LogP contribution in [-0.2, 0) is 21.4 Å². The first-order chi connectivity index (χ1) is 9.79. The highest BCUT2D eigenvalue weighted by molar-refractivity contribution is 5.74. The van der Waals surface area contributed by atoms with Crippen LogP contribution in [-0.4, -0.2) is 30.9 Å². The minimum Gasteiger partial charge on any atom is -0.493 e. The van der Waals surface area contributed by atoms with E-state index in [0.29, 0.717) is 6.61 Å². The van der Waals surface area contributed by atoms with Crippen molar-refractivity contribution in [2.24, 2.45) is 0 Å². The fourth-order valence-corrected chi connectivity index (χ4v) is 2.13. The lowest BCUT2D eigenvalue weighted by Crippen LogP contribution is -2.16. The maximum Gasteiger partial charge on any atom is 0.310 e. The molecule has 0 saturated heterocycles. The maximum absolute atomic E-state index is 11.8. The van der Waals surface area contributed by atoms with Gasteiger partial charge < -0.3 is 14.6 Å². The fourth-order valence-electron chi connectivity index (χ4n) is 2.13. The summed E-state index contributed by atoms with van der Waals surface area (Å²) in [6.07, 6.45) is 0.153. The Labute approximate surface area is 127 Å². The summed E-state index contributed by atoms with van der Waals surface area (Å²) in [5, 5.41) is 8.71. The third-order valence-electron chi connectivity index (χ3n) is 3.20. The van der Waals surface area contributed by atoms with Gasteiger partial charge in [-0.3, -0.25) is 4.79 Å². The Kier molecular flexibility index (Phi) is 6.21. The van der Waals surface area contributed by atoms with E-state index in [1.807, 2.05) is 19.9 Å². The van der Waals surface area contributed by atoms with Crippen LogP contribution in [0.1, 0.15) is 44.4 Å². The zero-order valence-electron chi connectivity index (χ0n) is 13.7. The first kappa shape index (κ1) is 17.5. The SMILES string of the molecule is CCOc1c(C)cc(C(C)(C)C)cc1CC(=O)OCCO. The predicted octanol–water partition coefficient (Wildman–Crippen LogP) is 2.77. The second kappa shape index (κ2) is 7.46. The Bertz CT molecular complexity index is 486. The average molecular weight is 294 g/mol. The predicted molar refractivity (Wildman–Crippen MR) is 82.8 cm³/mol. The molecule has 0 radical (unpaired) electrons. The first-order valence-electron chi connectivity index (χ1n) is 7.32. The molecule has 0 heterocycles. The molecule has 21 heavy (non-hydrogen) atoms. The van der Waals surface area contributed by atoms with Crippen molar-refractivity contribution in [3.05, 3.63) is 28.8 Å². The standard InChI is InChI=1S/C17H26O4/c1-6-20-16-12(2)9-14(17(3,4)5)10-13(16)11-15(19)21-8-7-18/h9-10,18H,6-8,11H2,1-5H3. The summed E-state index contributed by atoms with van der Waals surface area (Å²) < 4.78 is 10.6. The number of carbonyl (C=O) groups is 1. The molecule has 1 aromatic carbocycles. The first-order valence-corrected chi connectivity index (χ1v) is 7.32. The summed E-state index contributed by atoms with van der Waals surface area (Å²) in [5.74, 6) is 0.405. The molecule has 1 N–H and O–H groups in total. The van der Waals surface area contributed by atoms with E-state index in [9.17, 15) is 4.79 Å². The van der Waals surface area contributed by atoms with Gasteiger partial charge in [-0.05, 0) is 30.4 Å². The normalized spacial score (nSPS) is 11.3. The Morgan fingerprint density at radius 2 is 1.95 bits per heavy atom. The van der Waals surface area contributed by atoms with Crippen LogP contribution in [0.3, 0.4) is 0 Å². The Hall–Kier alpha value is -1.55. The van der Waals surface area contributed by atoms with Crippen molar-refractivity contribution in [2.75, 3.05) is 19.8 Å². The Balaban J connectivity index is 3.12. The van der Waals surface area contributed by atoms with Gasteiger partial charge in [-0.15, -0.1) is 0 Å². The number of hydrogen-bond acceptors (Lipinski definition) is 4. The zero-order chi connectivity index (χ0) is 16.0. The van der Waals surface area contributed by atoms with Gasteiger partial charge in [-0.25, -0.2) is 0 Å². The molecular weight excluding hydrogens is 268 g/mol. The van der Waals surface area contributed by atoms with E-state index in [4.69, 9.17) is 14.6 Å². The topological polar surface area (TPSA) is 55.8 Å². The van der Waals surface area contributed by atoms with E-state index in [0.717, 1.165) is 22.4 Å². The number of aryl methyl sites for hydroxylation is 1. The molecule has 118 valence electrons. The molecule has 0 amide bonds. The molecule has 0 fully saturated rings. The van der Waals surface area contributed by atoms with Crippen LogP contribution in [0.4, 0.5) is 0 Å². The van der Waals surface area contributed by atoms with E-state index in [2.05, 4.69) is 26.8 Å². The molecule has 0 aromatic heterocycles. The van der Waals surface area contributed by atoms with Crippen molar-refractivity contribution in [1.29, 1.82) is 0 Å². The number of rotatable bonds is 6. The summed E-state index contributed by atoms with van der Waals surface area (Å²) in [4.78, 5) is 11.8. The minimum absolute atomic E-state index is 0.000736. The van der Waals surface area contributed by atoms with Gasteiger partial charge in [0.25, 0.3) is 0 Å². The molecule has 0 aliphatic rings. The highest BCUT2D eigenvalue weighted by Crippen LogP contribution is 2.32. The third kappa shape index (κ3) is 5.05. The van der Waals surface area contributed by atoms with Gasteiger partial charge in [0.2, 0.25) is 0 Å². The van der Waals surface area contributed by atoms with Crippen molar-refractivity contribution in [1.82, 2.24) is 0 Å². The smallest absolute Gasteiger partial charge is 0.310 e. The van der Waals surface area contributed by atoms with Crippen LogP contribution < -0.4 is 4.74 Å². The summed E-state index contributed by atoms with van der Waals surface area (Å²) >= 11 is 0. The van der Waals surface area contributed by atoms with Crippen LogP contribution >= 0.6 is 0 Å². The summed E-state index contributed by atoms with van der Waals surface area (Å²) in [6.45, 7) is 10.7. The molecule has 0 aliphatic heterocycles. The van der Waals surface area contributed by atoms with Gasteiger partial charge in [0.05, 0.1) is 19.6 Å². The largest absolute Gasteiger partial charge is 0.493 e. The van der Waals surface area contributed by atoms with Crippen molar-refractivity contribution < 1.29 is 19.4 Å². The Morgan fingerprint density at radius 3 is 2.48 bits per heavy atom. The second-order valence-electron chi connectivity index (χ2n) is 6.09. The van der Waals surface area contributed by atoms with Gasteiger partial charge in [0, 0.05) is 5.56 Å². The zero-order valence-corrected chi connectivity index (χ0v) is 13.7. The quantitative estimate of drug-likeness (QED) is 0.820. The molecule has 4 heteroatoms. The van der Waals surface area contributed by atoms with Gasteiger partial charge in [-0.2, -0.15) is 0 Å². The summed E-state index contributed by atoms with van der Waals surface area (Å²) in [7, 11) is 0. The van der Waals surface area contributed by atoms with E-state index in [1.54, 1.807) is 0 Å². The molecule has 0 aliphatic carbocycles. The van der Waals surface area contributed by atoms with Crippen LogP contribution in [0.25, 0.3) is 0 Å². The molecular formula is C17H26O4. The molecule has 1 rings (SSSR count). The van der Waals surface area contributed by atoms with E-state index < -0.39 is 0 Å². The van der Waals surface area contributed by atoms with Crippen LogP contribution in [0.5, 0.6) is 5.75 Å². The van der Waals surface area contributed by atoms with Gasteiger partial charge >= 0.3 is 5.97 Å². The molecule has 0 saturated carbocycles. The lowest BCUT2D eigenvalue weighted by Gasteiger charge is -2.23. The lowest BCUT2D eigenvalue weighted by atomic mass is 9.84. The second-order valence-corrected chi connectivity index (χ2v) is 6.09. The van der Waals surface area contributed by atoms with Crippen molar-refractivity contribution >= 4 is 5.97 Å². The number of aliphatic hydroxyl groups is 1. The van der Waals surface area contributed by atoms with E-state index in [-0.39, 0.29) is 31.0 Å². The number of benzene rings is 1. The molecule has 0 atom stereocenters. The van der Waals surface area contributed by atoms with Gasteiger partial charge in [0.15, 0.2) is 0 Å². The number of aliphatic hydroxyl groups excluding tert-OH is 1. The van der Waals surface area contributed by atoms with E-state index in [1.165, 1.54) is 0 Å². The average Bonchev–Trinajstić information content (AvgIpc) is 2.39. The van der Waals surface area contributed by atoms with Crippen LogP contribution in [0, 0.1) is 6.92 Å². The number of hydrogen-bond donors (Lipinski definition) is 1. The number of ether oxygens (including phenoxy) is 2. The molecule has 1 aromatic rings. The summed E-state index contributed by atoms with van der Waals surface area (Å²) in [5.41, 5.74) is 3.02. The van der Waals surface area contributed by atoms with Crippen molar-refractivity contribution in [2.45, 2.75) is 46.5 Å².